The van der Waals surface area contributed by atoms with Crippen LogP contribution in [0.3, 0.4) is 0 Å². The molecule has 1 atom stereocenters. The molecule has 1 aliphatic carbocycles. The van der Waals surface area contributed by atoms with Crippen molar-refractivity contribution in [1.82, 2.24) is 9.80 Å². The van der Waals surface area contributed by atoms with Gasteiger partial charge in [-0.2, -0.15) is 0 Å². The molecule has 5 rings (SSSR count). The summed E-state index contributed by atoms with van der Waals surface area (Å²) in [5, 5.41) is 0. The van der Waals surface area contributed by atoms with E-state index in [9.17, 15) is 4.79 Å². The number of hydrogen-bond donors (Lipinski definition) is 0. The van der Waals surface area contributed by atoms with E-state index in [1.54, 1.807) is 0 Å². The van der Waals surface area contributed by atoms with E-state index in [1.807, 2.05) is 11.0 Å². The minimum absolute atomic E-state index is 0.178. The van der Waals surface area contributed by atoms with Crippen molar-refractivity contribution in [2.24, 2.45) is 5.92 Å². The Hall–Kier alpha value is -2.17. The molecule has 0 radical (unpaired) electrons. The first kappa shape index (κ1) is 17.0. The first-order valence-corrected chi connectivity index (χ1v) is 10.1. The van der Waals surface area contributed by atoms with Gasteiger partial charge in [0.05, 0.1) is 6.61 Å². The average Bonchev–Trinajstić information content (AvgIpc) is 3.34. The van der Waals surface area contributed by atoms with E-state index in [-0.39, 0.29) is 5.91 Å². The SMILES string of the molecule is O=C(c1ccc2c(c1)Cc1ccccc1-2)N1CCN(CC2CCOC2)CC1. The second kappa shape index (κ2) is 7.10. The van der Waals surface area contributed by atoms with Crippen molar-refractivity contribution in [1.29, 1.82) is 0 Å². The molecule has 0 N–H and O–H groups in total. The van der Waals surface area contributed by atoms with E-state index >= 15 is 0 Å². The van der Waals surface area contributed by atoms with Crippen molar-refractivity contribution in [2.45, 2.75) is 12.8 Å². The van der Waals surface area contributed by atoms with Crippen molar-refractivity contribution in [3.05, 3.63) is 59.2 Å². The highest BCUT2D eigenvalue weighted by Crippen LogP contribution is 2.36. The van der Waals surface area contributed by atoms with Gasteiger partial charge in [-0.1, -0.05) is 30.3 Å². The molecule has 2 heterocycles. The van der Waals surface area contributed by atoms with Crippen LogP contribution in [0.25, 0.3) is 11.1 Å². The molecule has 0 spiro atoms. The number of rotatable bonds is 3. The standard InChI is InChI=1S/C23H26N2O2/c26-23(25-10-8-24(9-11-25)15-17-7-12-27-16-17)19-5-6-22-20(14-19)13-18-3-1-2-4-21(18)22/h1-6,14,17H,7-13,15-16H2. The second-order valence-corrected chi connectivity index (χ2v) is 8.03. The smallest absolute Gasteiger partial charge is 0.253 e. The zero-order chi connectivity index (χ0) is 18.2. The van der Waals surface area contributed by atoms with Gasteiger partial charge in [0.1, 0.15) is 0 Å². The average molecular weight is 362 g/mol. The molecule has 4 heteroatoms. The summed E-state index contributed by atoms with van der Waals surface area (Å²) in [6.45, 7) is 6.51. The number of nitrogens with zero attached hydrogens (tertiary/aromatic N) is 2. The Morgan fingerprint density at radius 2 is 1.81 bits per heavy atom. The maximum atomic E-state index is 13.0. The molecule has 0 aromatic heterocycles. The van der Waals surface area contributed by atoms with Gasteiger partial charge in [-0.3, -0.25) is 9.69 Å². The van der Waals surface area contributed by atoms with Gasteiger partial charge in [-0.05, 0) is 53.1 Å². The third-order valence-corrected chi connectivity index (χ3v) is 6.24. The van der Waals surface area contributed by atoms with Crippen LogP contribution in [0.15, 0.2) is 42.5 Å². The molecule has 27 heavy (non-hydrogen) atoms. The number of benzene rings is 2. The predicted molar refractivity (Wildman–Crippen MR) is 106 cm³/mol. The molecule has 0 bridgehead atoms. The van der Waals surface area contributed by atoms with E-state index in [1.165, 1.54) is 28.7 Å². The van der Waals surface area contributed by atoms with Crippen LogP contribution in [0.1, 0.15) is 27.9 Å². The molecule has 2 aromatic carbocycles. The van der Waals surface area contributed by atoms with Crippen LogP contribution in [0.4, 0.5) is 0 Å². The predicted octanol–water partition coefficient (Wildman–Crippen LogP) is 3.05. The fourth-order valence-electron chi connectivity index (χ4n) is 4.69. The van der Waals surface area contributed by atoms with Crippen molar-refractivity contribution in [3.8, 4) is 11.1 Å². The van der Waals surface area contributed by atoms with E-state index < -0.39 is 0 Å². The van der Waals surface area contributed by atoms with Crippen LogP contribution >= 0.6 is 0 Å². The quantitative estimate of drug-likeness (QED) is 0.718. The second-order valence-electron chi connectivity index (χ2n) is 8.03. The van der Waals surface area contributed by atoms with Gasteiger partial charge in [-0.25, -0.2) is 0 Å². The molecule has 140 valence electrons. The van der Waals surface area contributed by atoms with Crippen LogP contribution in [-0.4, -0.2) is 61.6 Å². The third kappa shape index (κ3) is 3.28. The van der Waals surface area contributed by atoms with E-state index in [4.69, 9.17) is 4.74 Å². The molecule has 2 aliphatic heterocycles. The molecule has 2 fully saturated rings. The zero-order valence-corrected chi connectivity index (χ0v) is 15.7. The summed E-state index contributed by atoms with van der Waals surface area (Å²) >= 11 is 0. The lowest BCUT2D eigenvalue weighted by Gasteiger charge is -2.35. The number of ether oxygens (including phenoxy) is 1. The van der Waals surface area contributed by atoms with Crippen molar-refractivity contribution < 1.29 is 9.53 Å². The summed E-state index contributed by atoms with van der Waals surface area (Å²) in [7, 11) is 0. The van der Waals surface area contributed by atoms with Gasteiger partial charge >= 0.3 is 0 Å². The molecule has 3 aliphatic rings. The van der Waals surface area contributed by atoms with Crippen LogP contribution < -0.4 is 0 Å². The summed E-state index contributed by atoms with van der Waals surface area (Å²) < 4.78 is 5.48. The van der Waals surface area contributed by atoms with Gasteiger partial charge in [0, 0.05) is 44.9 Å². The molecule has 0 saturated carbocycles. The van der Waals surface area contributed by atoms with Crippen LogP contribution in [0.5, 0.6) is 0 Å². The maximum absolute atomic E-state index is 13.0. The number of carbonyl (C=O) groups excluding carboxylic acids is 1. The largest absolute Gasteiger partial charge is 0.381 e. The molecule has 1 amide bonds. The lowest BCUT2D eigenvalue weighted by atomic mass is 10.0. The van der Waals surface area contributed by atoms with E-state index in [0.29, 0.717) is 5.92 Å². The first-order chi connectivity index (χ1) is 13.3. The number of fused-ring (bicyclic) bond motifs is 3. The Morgan fingerprint density at radius 3 is 2.63 bits per heavy atom. The Labute approximate surface area is 160 Å². The lowest BCUT2D eigenvalue weighted by molar-refractivity contribution is 0.0611. The highest BCUT2D eigenvalue weighted by Gasteiger charge is 2.26. The summed E-state index contributed by atoms with van der Waals surface area (Å²) in [6.07, 6.45) is 2.11. The molecule has 2 aromatic rings. The minimum atomic E-state index is 0.178. The van der Waals surface area contributed by atoms with Crippen molar-refractivity contribution in [3.63, 3.8) is 0 Å². The summed E-state index contributed by atoms with van der Waals surface area (Å²) in [5.74, 6) is 0.850. The molecular weight excluding hydrogens is 336 g/mol. The summed E-state index contributed by atoms with van der Waals surface area (Å²) in [4.78, 5) is 17.5. The van der Waals surface area contributed by atoms with E-state index in [2.05, 4.69) is 41.3 Å². The summed E-state index contributed by atoms with van der Waals surface area (Å²) in [5.41, 5.74) is 6.07. The Morgan fingerprint density at radius 1 is 1.00 bits per heavy atom. The molecular formula is C23H26N2O2. The highest BCUT2D eigenvalue weighted by atomic mass is 16.5. The van der Waals surface area contributed by atoms with Gasteiger partial charge in [0.2, 0.25) is 0 Å². The van der Waals surface area contributed by atoms with Gasteiger partial charge in [-0.15, -0.1) is 0 Å². The fourth-order valence-corrected chi connectivity index (χ4v) is 4.69. The van der Waals surface area contributed by atoms with Crippen LogP contribution in [-0.2, 0) is 11.2 Å². The molecule has 1 unspecified atom stereocenters. The molecule has 2 saturated heterocycles. The fraction of sp³-hybridized carbons (Fsp3) is 0.435. The van der Waals surface area contributed by atoms with E-state index in [0.717, 1.165) is 57.9 Å². The number of hydrogen-bond acceptors (Lipinski definition) is 3. The highest BCUT2D eigenvalue weighted by molar-refractivity contribution is 5.95. The first-order valence-electron chi connectivity index (χ1n) is 10.1. The monoisotopic (exact) mass is 362 g/mol. The third-order valence-electron chi connectivity index (χ3n) is 6.24. The normalized spacial score (nSPS) is 21.9. The molecule has 4 nitrogen and oxygen atoms in total. The Kier molecular flexibility index (Phi) is 4.46. The number of amides is 1. The summed E-state index contributed by atoms with van der Waals surface area (Å²) in [6, 6.07) is 14.8. The topological polar surface area (TPSA) is 32.8 Å². The van der Waals surface area contributed by atoms with Gasteiger partial charge < -0.3 is 9.64 Å². The zero-order valence-electron chi connectivity index (χ0n) is 15.7. The number of carbonyl (C=O) groups is 1. The Bertz CT molecular complexity index is 849. The van der Waals surface area contributed by atoms with Gasteiger partial charge in [0.25, 0.3) is 5.91 Å². The number of piperazine rings is 1. The minimum Gasteiger partial charge on any atom is -0.381 e. The maximum Gasteiger partial charge on any atom is 0.253 e. The van der Waals surface area contributed by atoms with Crippen LogP contribution in [0, 0.1) is 5.92 Å². The van der Waals surface area contributed by atoms with Crippen molar-refractivity contribution in [2.75, 3.05) is 45.9 Å². The van der Waals surface area contributed by atoms with Gasteiger partial charge in [0.15, 0.2) is 0 Å². The Balaban J connectivity index is 1.24. The van der Waals surface area contributed by atoms with Crippen LogP contribution in [0.2, 0.25) is 0 Å². The lowest BCUT2D eigenvalue weighted by Crippen LogP contribution is -2.49. The van der Waals surface area contributed by atoms with Crippen molar-refractivity contribution >= 4 is 5.91 Å².